The highest BCUT2D eigenvalue weighted by atomic mass is 16.5. The Balaban J connectivity index is 1.19. The van der Waals surface area contributed by atoms with Crippen LogP contribution in [0.1, 0.15) is 47.8 Å². The number of aliphatic hydroxyl groups is 1. The van der Waals surface area contributed by atoms with Crippen LogP contribution in [0.2, 0.25) is 0 Å². The maximum atomic E-state index is 12.5. The fourth-order valence-electron chi connectivity index (χ4n) is 5.55. The number of benzene rings is 2. The molecular formula is C29H32N6O5. The minimum Gasteiger partial charge on any atom is -0.388 e. The van der Waals surface area contributed by atoms with Gasteiger partial charge < -0.3 is 30.1 Å². The third-order valence-corrected chi connectivity index (χ3v) is 7.71. The second-order valence-corrected chi connectivity index (χ2v) is 10.3. The molecule has 11 nitrogen and oxygen atoms in total. The first kappa shape index (κ1) is 26.3. The molecule has 3 aromatic rings. The van der Waals surface area contributed by atoms with Crippen LogP contribution in [0.5, 0.6) is 0 Å². The molecule has 2 amide bonds. The van der Waals surface area contributed by atoms with Gasteiger partial charge in [0.25, 0.3) is 0 Å². The summed E-state index contributed by atoms with van der Waals surface area (Å²) in [6.45, 7) is 2.24. The van der Waals surface area contributed by atoms with Crippen LogP contribution in [0, 0.1) is 0 Å². The lowest BCUT2D eigenvalue weighted by molar-refractivity contribution is 0.0831. The van der Waals surface area contributed by atoms with E-state index in [0.29, 0.717) is 49.2 Å². The smallest absolute Gasteiger partial charge is 0.323 e. The minimum absolute atomic E-state index is 0.230. The summed E-state index contributed by atoms with van der Waals surface area (Å²) in [4.78, 5) is 41.2. The zero-order valence-electron chi connectivity index (χ0n) is 22.1. The fraction of sp³-hybridized carbons (Fsp3) is 0.414. The van der Waals surface area contributed by atoms with Gasteiger partial charge in [-0.25, -0.2) is 9.78 Å². The van der Waals surface area contributed by atoms with Gasteiger partial charge in [0, 0.05) is 41.6 Å². The van der Waals surface area contributed by atoms with E-state index in [0.717, 1.165) is 43.0 Å². The van der Waals surface area contributed by atoms with E-state index in [1.807, 2.05) is 24.3 Å². The fourth-order valence-corrected chi connectivity index (χ4v) is 5.55. The van der Waals surface area contributed by atoms with Crippen molar-refractivity contribution in [1.82, 2.24) is 15.0 Å². The van der Waals surface area contributed by atoms with Crippen molar-refractivity contribution >= 4 is 29.1 Å². The van der Waals surface area contributed by atoms with E-state index in [1.54, 1.807) is 24.3 Å². The zero-order valence-corrected chi connectivity index (χ0v) is 22.1. The largest absolute Gasteiger partial charge is 0.388 e. The Kier molecular flexibility index (Phi) is 7.67. The average Bonchev–Trinajstić information content (AvgIpc) is 3.25. The van der Waals surface area contributed by atoms with Crippen LogP contribution in [0.25, 0.3) is 11.4 Å². The third kappa shape index (κ3) is 5.67. The number of carbonyl (C=O) groups excluding carboxylic acids is 2. The number of anilines is 3. The van der Waals surface area contributed by atoms with Gasteiger partial charge in [0.2, 0.25) is 5.95 Å². The van der Waals surface area contributed by atoms with Crippen molar-refractivity contribution in [2.24, 2.45) is 0 Å². The number of Topliss-reactive ketones (excluding diaryl/α,β-unsaturated/α-hetero) is 1. The number of hydrogen-bond acceptors (Lipinski definition) is 9. The minimum atomic E-state index is -0.555. The summed E-state index contributed by atoms with van der Waals surface area (Å²) in [5.74, 6) is 2.00. The topological polar surface area (TPSA) is 139 Å². The molecule has 11 heteroatoms. The Bertz CT molecular complexity index is 1340. The van der Waals surface area contributed by atoms with Crippen molar-refractivity contribution < 1.29 is 24.2 Å². The summed E-state index contributed by atoms with van der Waals surface area (Å²) in [5, 5.41) is 14.5. The number of aromatic nitrogens is 3. The first-order chi connectivity index (χ1) is 19.6. The third-order valence-electron chi connectivity index (χ3n) is 7.71. The van der Waals surface area contributed by atoms with E-state index in [2.05, 4.69) is 15.5 Å². The molecule has 3 aliphatic rings. The standard InChI is InChI=1S/C29H32N6O5/c36-15-25(37)18-1-5-21(6-2-18)30-29(38)31-22-7-3-19(4-8-22)26-32-27(20-11-13-39-14-12-20)34-28(33-26)35-23-9-10-24(35)17-40-16-23/h1-8,20,23-24,36H,9-17H2,(H2,30,31,38). The molecule has 40 heavy (non-hydrogen) atoms. The zero-order chi connectivity index (χ0) is 27.5. The Morgan fingerprint density at radius 3 is 2.08 bits per heavy atom. The van der Waals surface area contributed by atoms with Gasteiger partial charge in [-0.05, 0) is 74.2 Å². The molecule has 2 aromatic carbocycles. The number of ketones is 1. The number of morpholine rings is 1. The summed E-state index contributed by atoms with van der Waals surface area (Å²) in [7, 11) is 0. The SMILES string of the molecule is O=C(Nc1ccc(C(=O)CO)cc1)Nc1ccc(-c2nc(C3CCOCC3)nc(N3C4CCC3COC4)n2)cc1. The van der Waals surface area contributed by atoms with Gasteiger partial charge in [-0.1, -0.05) is 0 Å². The quantitative estimate of drug-likeness (QED) is 0.381. The van der Waals surface area contributed by atoms with Gasteiger partial charge in [0.05, 0.1) is 25.3 Å². The van der Waals surface area contributed by atoms with E-state index >= 15 is 0 Å². The second kappa shape index (κ2) is 11.7. The predicted octanol–water partition coefficient (Wildman–Crippen LogP) is 3.62. The summed E-state index contributed by atoms with van der Waals surface area (Å²) >= 11 is 0. The van der Waals surface area contributed by atoms with Crippen molar-refractivity contribution in [2.45, 2.75) is 43.7 Å². The molecule has 3 N–H and O–H groups in total. The van der Waals surface area contributed by atoms with Gasteiger partial charge in [0.15, 0.2) is 11.6 Å². The maximum Gasteiger partial charge on any atom is 0.323 e. The molecule has 0 spiro atoms. The van der Waals surface area contributed by atoms with Gasteiger partial charge in [-0.2, -0.15) is 9.97 Å². The van der Waals surface area contributed by atoms with Crippen LogP contribution < -0.4 is 15.5 Å². The molecule has 2 atom stereocenters. The van der Waals surface area contributed by atoms with Gasteiger partial charge in [-0.3, -0.25) is 4.79 Å². The Hall–Kier alpha value is -3.93. The lowest BCUT2D eigenvalue weighted by atomic mass is 9.99. The molecule has 6 rings (SSSR count). The maximum absolute atomic E-state index is 12.5. The number of carbonyl (C=O) groups is 2. The molecule has 4 heterocycles. The molecule has 0 radical (unpaired) electrons. The van der Waals surface area contributed by atoms with E-state index < -0.39 is 12.6 Å². The van der Waals surface area contributed by atoms with E-state index in [-0.39, 0.29) is 23.8 Å². The number of aliphatic hydroxyl groups excluding tert-OH is 1. The van der Waals surface area contributed by atoms with Crippen LogP contribution in [-0.4, -0.2) is 77.0 Å². The van der Waals surface area contributed by atoms with Crippen LogP contribution >= 0.6 is 0 Å². The van der Waals surface area contributed by atoms with Crippen molar-refractivity contribution in [3.05, 3.63) is 59.9 Å². The molecule has 2 unspecified atom stereocenters. The Morgan fingerprint density at radius 1 is 0.825 bits per heavy atom. The molecule has 2 bridgehead atoms. The van der Waals surface area contributed by atoms with E-state index in [4.69, 9.17) is 29.5 Å². The highest BCUT2D eigenvalue weighted by Crippen LogP contribution is 2.34. The summed E-state index contributed by atoms with van der Waals surface area (Å²) in [5.41, 5.74) is 2.36. The van der Waals surface area contributed by atoms with Crippen molar-refractivity contribution in [3.63, 3.8) is 0 Å². The summed E-state index contributed by atoms with van der Waals surface area (Å²) < 4.78 is 11.3. The number of urea groups is 1. The monoisotopic (exact) mass is 544 g/mol. The molecule has 208 valence electrons. The van der Waals surface area contributed by atoms with Gasteiger partial charge >= 0.3 is 6.03 Å². The van der Waals surface area contributed by atoms with Gasteiger partial charge in [-0.15, -0.1) is 0 Å². The Morgan fingerprint density at radius 2 is 1.45 bits per heavy atom. The number of ether oxygens (including phenoxy) is 2. The molecule has 3 saturated heterocycles. The van der Waals surface area contributed by atoms with Crippen molar-refractivity contribution in [1.29, 1.82) is 0 Å². The highest BCUT2D eigenvalue weighted by molar-refractivity contribution is 6.01. The van der Waals surface area contributed by atoms with Crippen molar-refractivity contribution in [2.75, 3.05) is 48.6 Å². The molecule has 3 aliphatic heterocycles. The Labute approximate surface area is 232 Å². The van der Waals surface area contributed by atoms with Crippen LogP contribution in [0.15, 0.2) is 48.5 Å². The van der Waals surface area contributed by atoms with Gasteiger partial charge in [0.1, 0.15) is 12.4 Å². The van der Waals surface area contributed by atoms with E-state index in [9.17, 15) is 9.59 Å². The number of amides is 2. The number of nitrogens with zero attached hydrogens (tertiary/aromatic N) is 4. The predicted molar refractivity (Wildman–Crippen MR) is 149 cm³/mol. The average molecular weight is 545 g/mol. The lowest BCUT2D eigenvalue weighted by Crippen LogP contribution is -2.47. The number of hydrogen-bond donors (Lipinski definition) is 3. The molecule has 3 fully saturated rings. The molecule has 0 aliphatic carbocycles. The van der Waals surface area contributed by atoms with Crippen LogP contribution in [-0.2, 0) is 9.47 Å². The number of fused-ring (bicyclic) bond motifs is 2. The first-order valence-electron chi connectivity index (χ1n) is 13.7. The molecule has 1 aromatic heterocycles. The first-order valence-corrected chi connectivity index (χ1v) is 13.7. The summed E-state index contributed by atoms with van der Waals surface area (Å²) in [6.07, 6.45) is 3.92. The molecule has 0 saturated carbocycles. The lowest BCUT2D eigenvalue weighted by Gasteiger charge is -2.35. The normalized spacial score (nSPS) is 20.8. The molecular weight excluding hydrogens is 512 g/mol. The van der Waals surface area contributed by atoms with E-state index in [1.165, 1.54) is 0 Å². The summed E-state index contributed by atoms with van der Waals surface area (Å²) in [6, 6.07) is 13.9. The second-order valence-electron chi connectivity index (χ2n) is 10.3. The highest BCUT2D eigenvalue weighted by Gasteiger charge is 2.39. The van der Waals surface area contributed by atoms with Crippen LogP contribution in [0.3, 0.4) is 0 Å². The van der Waals surface area contributed by atoms with Crippen LogP contribution in [0.4, 0.5) is 22.1 Å². The van der Waals surface area contributed by atoms with Crippen molar-refractivity contribution in [3.8, 4) is 11.4 Å². The number of nitrogens with one attached hydrogen (secondary N) is 2. The number of rotatable bonds is 7.